The van der Waals surface area contributed by atoms with Gasteiger partial charge in [-0.15, -0.1) is 5.10 Å². The van der Waals surface area contributed by atoms with Crippen LogP contribution in [0.25, 0.3) is 5.78 Å². The first kappa shape index (κ1) is 19.0. The molecule has 0 fully saturated rings. The van der Waals surface area contributed by atoms with Gasteiger partial charge in [0.1, 0.15) is 0 Å². The van der Waals surface area contributed by atoms with E-state index >= 15 is 0 Å². The number of amides is 1. The number of carbonyl (C=O) groups is 2. The van der Waals surface area contributed by atoms with Crippen molar-refractivity contribution in [1.82, 2.24) is 24.9 Å². The molecule has 0 aliphatic heterocycles. The molecule has 1 amide bonds. The summed E-state index contributed by atoms with van der Waals surface area (Å²) in [7, 11) is 1.28. The highest BCUT2D eigenvalue weighted by atomic mass is 79.9. The molecule has 0 aliphatic carbocycles. The molecule has 1 unspecified atom stereocenters. The van der Waals surface area contributed by atoms with Crippen LogP contribution in [0.2, 0.25) is 0 Å². The monoisotopic (exact) mass is 431 g/mol. The third-order valence-corrected chi connectivity index (χ3v) is 4.46. The Morgan fingerprint density at radius 3 is 2.59 bits per heavy atom. The Morgan fingerprint density at radius 2 is 1.93 bits per heavy atom. The molecule has 2 heterocycles. The van der Waals surface area contributed by atoms with Crippen molar-refractivity contribution in [2.45, 2.75) is 26.3 Å². The van der Waals surface area contributed by atoms with E-state index in [2.05, 4.69) is 36.3 Å². The van der Waals surface area contributed by atoms with Crippen molar-refractivity contribution in [1.29, 1.82) is 0 Å². The molecule has 0 bridgehead atoms. The summed E-state index contributed by atoms with van der Waals surface area (Å²) in [6.07, 6.45) is -0.0775. The summed E-state index contributed by atoms with van der Waals surface area (Å²) in [6.45, 7) is 3.76. The van der Waals surface area contributed by atoms with E-state index in [1.54, 1.807) is 28.8 Å². The lowest BCUT2D eigenvalue weighted by Gasteiger charge is -2.16. The molecule has 27 heavy (non-hydrogen) atoms. The van der Waals surface area contributed by atoms with E-state index in [9.17, 15) is 9.59 Å². The first-order chi connectivity index (χ1) is 12.9. The van der Waals surface area contributed by atoms with Crippen LogP contribution in [0.4, 0.5) is 0 Å². The second kappa shape index (κ2) is 7.83. The molecule has 0 spiro atoms. The number of hydrogen-bond acceptors (Lipinski definition) is 6. The van der Waals surface area contributed by atoms with Crippen LogP contribution in [0.3, 0.4) is 0 Å². The van der Waals surface area contributed by atoms with Gasteiger partial charge in [0, 0.05) is 15.9 Å². The SMILES string of the molecule is COC(=O)C(NC(=O)Cc1nc2nc(C)cc(C)n2n1)c1ccc(Br)cc1. The van der Waals surface area contributed by atoms with E-state index in [4.69, 9.17) is 4.74 Å². The average molecular weight is 432 g/mol. The van der Waals surface area contributed by atoms with Crippen LogP contribution in [0.1, 0.15) is 28.8 Å². The Hall–Kier alpha value is -2.81. The van der Waals surface area contributed by atoms with Gasteiger partial charge in [-0.3, -0.25) is 4.79 Å². The van der Waals surface area contributed by atoms with Gasteiger partial charge in [0.15, 0.2) is 11.9 Å². The van der Waals surface area contributed by atoms with Gasteiger partial charge in [-0.25, -0.2) is 14.3 Å². The zero-order chi connectivity index (χ0) is 19.6. The summed E-state index contributed by atoms with van der Waals surface area (Å²) in [4.78, 5) is 33.2. The molecule has 1 atom stereocenters. The lowest BCUT2D eigenvalue weighted by atomic mass is 10.1. The summed E-state index contributed by atoms with van der Waals surface area (Å²) in [5.41, 5.74) is 2.32. The van der Waals surface area contributed by atoms with Crippen molar-refractivity contribution >= 4 is 33.6 Å². The van der Waals surface area contributed by atoms with E-state index in [1.807, 2.05) is 19.9 Å². The first-order valence-electron chi connectivity index (χ1n) is 8.20. The van der Waals surface area contributed by atoms with Gasteiger partial charge in [-0.1, -0.05) is 28.1 Å². The van der Waals surface area contributed by atoms with E-state index in [-0.39, 0.29) is 6.42 Å². The predicted octanol–water partition coefficient (Wildman–Crippen LogP) is 2.08. The van der Waals surface area contributed by atoms with Gasteiger partial charge in [0.25, 0.3) is 5.78 Å². The number of carbonyl (C=O) groups excluding carboxylic acids is 2. The minimum atomic E-state index is -0.908. The number of rotatable bonds is 5. The summed E-state index contributed by atoms with van der Waals surface area (Å²) in [6, 6.07) is 8.04. The number of aryl methyl sites for hydroxylation is 2. The highest BCUT2D eigenvalue weighted by molar-refractivity contribution is 9.10. The maximum absolute atomic E-state index is 12.5. The number of methoxy groups -OCH3 is 1. The van der Waals surface area contributed by atoms with Gasteiger partial charge in [-0.2, -0.15) is 4.98 Å². The second-order valence-corrected chi connectivity index (χ2v) is 6.95. The van der Waals surface area contributed by atoms with Crippen molar-refractivity contribution < 1.29 is 14.3 Å². The molecule has 3 aromatic rings. The highest BCUT2D eigenvalue weighted by Gasteiger charge is 2.24. The molecule has 0 aliphatic rings. The van der Waals surface area contributed by atoms with Gasteiger partial charge in [0.05, 0.1) is 13.5 Å². The van der Waals surface area contributed by atoms with Crippen LogP contribution in [-0.2, 0) is 20.7 Å². The second-order valence-electron chi connectivity index (χ2n) is 6.03. The van der Waals surface area contributed by atoms with Gasteiger partial charge < -0.3 is 10.1 Å². The molecular weight excluding hydrogens is 414 g/mol. The number of ether oxygens (including phenoxy) is 1. The minimum Gasteiger partial charge on any atom is -0.467 e. The zero-order valence-corrected chi connectivity index (χ0v) is 16.6. The first-order valence-corrected chi connectivity index (χ1v) is 8.99. The van der Waals surface area contributed by atoms with Crippen LogP contribution in [0.5, 0.6) is 0 Å². The minimum absolute atomic E-state index is 0.0775. The van der Waals surface area contributed by atoms with Crippen molar-refractivity contribution in [3.05, 3.63) is 57.6 Å². The van der Waals surface area contributed by atoms with Crippen LogP contribution in [0, 0.1) is 13.8 Å². The van der Waals surface area contributed by atoms with Crippen molar-refractivity contribution in [2.75, 3.05) is 7.11 Å². The number of aromatic nitrogens is 4. The molecule has 9 heteroatoms. The van der Waals surface area contributed by atoms with Gasteiger partial charge in [0.2, 0.25) is 5.91 Å². The Bertz CT molecular complexity index is 1000. The van der Waals surface area contributed by atoms with Gasteiger partial charge >= 0.3 is 5.97 Å². The normalized spacial score (nSPS) is 12.0. The van der Waals surface area contributed by atoms with Crippen molar-refractivity contribution in [3.63, 3.8) is 0 Å². The number of fused-ring (bicyclic) bond motifs is 1. The molecule has 2 aromatic heterocycles. The predicted molar refractivity (Wildman–Crippen MR) is 101 cm³/mol. The maximum Gasteiger partial charge on any atom is 0.333 e. The smallest absolute Gasteiger partial charge is 0.333 e. The number of hydrogen-bond donors (Lipinski definition) is 1. The Kier molecular flexibility index (Phi) is 5.50. The molecule has 0 saturated carbocycles. The summed E-state index contributed by atoms with van der Waals surface area (Å²) >= 11 is 3.34. The molecule has 8 nitrogen and oxygen atoms in total. The Morgan fingerprint density at radius 1 is 1.22 bits per heavy atom. The fourth-order valence-electron chi connectivity index (χ4n) is 2.69. The molecular formula is C18H18BrN5O3. The molecule has 0 saturated heterocycles. The van der Waals surface area contributed by atoms with Crippen LogP contribution in [-0.4, -0.2) is 38.6 Å². The zero-order valence-electron chi connectivity index (χ0n) is 15.1. The van der Waals surface area contributed by atoms with Crippen molar-refractivity contribution in [3.8, 4) is 0 Å². The van der Waals surface area contributed by atoms with Crippen LogP contribution < -0.4 is 5.32 Å². The molecule has 140 valence electrons. The number of halogens is 1. The number of nitrogens with one attached hydrogen (secondary N) is 1. The summed E-state index contributed by atoms with van der Waals surface area (Å²) < 4.78 is 7.27. The lowest BCUT2D eigenvalue weighted by molar-refractivity contribution is -0.145. The Labute approximate surface area is 164 Å². The van der Waals surface area contributed by atoms with E-state index in [1.165, 1.54) is 7.11 Å². The van der Waals surface area contributed by atoms with Gasteiger partial charge in [-0.05, 0) is 37.6 Å². The fraction of sp³-hybridized carbons (Fsp3) is 0.278. The molecule has 1 aromatic carbocycles. The maximum atomic E-state index is 12.5. The Balaban J connectivity index is 1.79. The number of nitrogens with zero attached hydrogens (tertiary/aromatic N) is 4. The van der Waals surface area contributed by atoms with E-state index in [0.29, 0.717) is 17.2 Å². The third-order valence-electron chi connectivity index (χ3n) is 3.93. The molecule has 3 rings (SSSR count). The van der Waals surface area contributed by atoms with Crippen LogP contribution >= 0.6 is 15.9 Å². The molecule has 1 N–H and O–H groups in total. The largest absolute Gasteiger partial charge is 0.467 e. The lowest BCUT2D eigenvalue weighted by Crippen LogP contribution is -2.35. The quantitative estimate of drug-likeness (QED) is 0.620. The fourth-order valence-corrected chi connectivity index (χ4v) is 2.95. The molecule has 0 radical (unpaired) electrons. The average Bonchev–Trinajstić information content (AvgIpc) is 3.02. The standard InChI is InChI=1S/C18H18BrN5O3/c1-10-8-11(2)24-18(20-10)21-14(23-24)9-15(25)22-16(17(26)27-3)12-4-6-13(19)7-5-12/h4-8,16H,9H2,1-3H3,(H,22,25). The third kappa shape index (κ3) is 4.30. The number of benzene rings is 1. The highest BCUT2D eigenvalue weighted by Crippen LogP contribution is 2.18. The van der Waals surface area contributed by atoms with E-state index < -0.39 is 17.9 Å². The summed E-state index contributed by atoms with van der Waals surface area (Å²) in [5, 5.41) is 6.99. The van der Waals surface area contributed by atoms with E-state index in [0.717, 1.165) is 15.9 Å². The number of esters is 1. The van der Waals surface area contributed by atoms with Crippen molar-refractivity contribution in [2.24, 2.45) is 0 Å². The van der Waals surface area contributed by atoms with Crippen LogP contribution in [0.15, 0.2) is 34.8 Å². The topological polar surface area (TPSA) is 98.5 Å². The summed E-state index contributed by atoms with van der Waals surface area (Å²) in [5.74, 6) is -0.179.